The molecular weight excluding hydrogens is 511 g/mol. The second-order valence-corrected chi connectivity index (χ2v) is 10.0. The van der Waals surface area contributed by atoms with Gasteiger partial charge in [-0.1, -0.05) is 17.7 Å². The highest BCUT2D eigenvalue weighted by Gasteiger charge is 2.41. The first-order valence-electron chi connectivity index (χ1n) is 8.52. The van der Waals surface area contributed by atoms with E-state index in [2.05, 4.69) is 32.3 Å². The molecule has 0 bridgehead atoms. The van der Waals surface area contributed by atoms with Gasteiger partial charge >= 0.3 is 0 Å². The molecule has 1 fully saturated rings. The molecule has 0 radical (unpaired) electrons. The summed E-state index contributed by atoms with van der Waals surface area (Å²) in [4.78, 5) is 6.64. The van der Waals surface area contributed by atoms with Gasteiger partial charge in [-0.25, -0.2) is 13.8 Å². The van der Waals surface area contributed by atoms with Crippen LogP contribution in [0.1, 0.15) is 34.9 Å². The Hall–Kier alpha value is -0.510. The number of halogens is 5. The van der Waals surface area contributed by atoms with Gasteiger partial charge in [-0.3, -0.25) is 0 Å². The lowest BCUT2D eigenvalue weighted by Crippen LogP contribution is -2.40. The van der Waals surface area contributed by atoms with E-state index in [1.54, 1.807) is 28.7 Å². The first kappa shape index (κ1) is 22.2. The molecule has 0 unspecified atom stereocenters. The standard InChI is InChI=1S/C18H17BrClF2N3S2.ClH/c19-14-15-17(27-16(14)10-3-4-18(21,22)7-11(10)23)12(6-13(20)25-15)24-8-9-2-1-5-26-9;/h1-2,5-6,10-11H,3-4,7-8,23H2,(H,24,25);1H/t10-,11+;/m0./s1. The fourth-order valence-electron chi connectivity index (χ4n) is 3.49. The van der Waals surface area contributed by atoms with Crippen LogP contribution in [0.5, 0.6) is 0 Å². The van der Waals surface area contributed by atoms with Gasteiger partial charge in [0.25, 0.3) is 0 Å². The molecule has 3 aromatic heterocycles. The quantitative estimate of drug-likeness (QED) is 0.357. The summed E-state index contributed by atoms with van der Waals surface area (Å²) in [6.07, 6.45) is -0.0506. The van der Waals surface area contributed by atoms with Crippen LogP contribution in [0.15, 0.2) is 28.1 Å². The Bertz CT molecular complexity index is 966. The highest BCUT2D eigenvalue weighted by Crippen LogP contribution is 2.48. The van der Waals surface area contributed by atoms with E-state index in [0.717, 1.165) is 25.3 Å². The van der Waals surface area contributed by atoms with Crippen LogP contribution in [0.4, 0.5) is 14.5 Å². The van der Waals surface area contributed by atoms with E-state index in [-0.39, 0.29) is 31.2 Å². The van der Waals surface area contributed by atoms with Crippen LogP contribution < -0.4 is 11.1 Å². The number of hydrogen-bond donors (Lipinski definition) is 2. The number of hydrogen-bond acceptors (Lipinski definition) is 5. The highest BCUT2D eigenvalue weighted by molar-refractivity contribution is 9.10. The van der Waals surface area contributed by atoms with Crippen molar-refractivity contribution >= 4 is 78.5 Å². The molecule has 2 atom stereocenters. The van der Waals surface area contributed by atoms with Crippen molar-refractivity contribution in [3.63, 3.8) is 0 Å². The summed E-state index contributed by atoms with van der Waals surface area (Å²) in [5, 5.41) is 5.85. The van der Waals surface area contributed by atoms with E-state index in [9.17, 15) is 8.78 Å². The third kappa shape index (κ3) is 4.47. The molecule has 3 N–H and O–H groups in total. The zero-order chi connectivity index (χ0) is 19.2. The molecule has 0 spiro atoms. The lowest BCUT2D eigenvalue weighted by atomic mass is 9.82. The van der Waals surface area contributed by atoms with E-state index in [1.807, 2.05) is 11.4 Å². The van der Waals surface area contributed by atoms with Crippen LogP contribution in [0.25, 0.3) is 10.2 Å². The Morgan fingerprint density at radius 2 is 2.21 bits per heavy atom. The van der Waals surface area contributed by atoms with Gasteiger partial charge < -0.3 is 11.1 Å². The van der Waals surface area contributed by atoms with Gasteiger partial charge in [0.15, 0.2) is 0 Å². The van der Waals surface area contributed by atoms with Crippen molar-refractivity contribution in [3.05, 3.63) is 43.0 Å². The Morgan fingerprint density at radius 3 is 2.89 bits per heavy atom. The van der Waals surface area contributed by atoms with Gasteiger partial charge in [0.1, 0.15) is 5.15 Å². The van der Waals surface area contributed by atoms with E-state index in [4.69, 9.17) is 17.3 Å². The van der Waals surface area contributed by atoms with E-state index < -0.39 is 12.0 Å². The van der Waals surface area contributed by atoms with Crippen LogP contribution in [0.2, 0.25) is 5.15 Å². The monoisotopic (exact) mass is 527 g/mol. The first-order valence-corrected chi connectivity index (χ1v) is 11.4. The number of thiophene rings is 2. The summed E-state index contributed by atoms with van der Waals surface area (Å²) in [6, 6.07) is 5.31. The van der Waals surface area contributed by atoms with Crippen molar-refractivity contribution in [3.8, 4) is 0 Å². The summed E-state index contributed by atoms with van der Waals surface area (Å²) < 4.78 is 29.1. The SMILES string of the molecule is Cl.N[C@@H]1CC(F)(F)CC[C@@H]1c1sc2c(NCc3cccs3)cc(Cl)nc2c1Br. The van der Waals surface area contributed by atoms with Crippen molar-refractivity contribution in [1.29, 1.82) is 0 Å². The normalized spacial score (nSPS) is 21.5. The topological polar surface area (TPSA) is 50.9 Å². The second kappa shape index (κ2) is 8.70. The highest BCUT2D eigenvalue weighted by atomic mass is 79.9. The zero-order valence-electron chi connectivity index (χ0n) is 14.6. The van der Waals surface area contributed by atoms with Crippen molar-refractivity contribution in [2.24, 2.45) is 5.73 Å². The molecule has 3 aromatic rings. The van der Waals surface area contributed by atoms with Gasteiger partial charge in [-0.15, -0.1) is 35.1 Å². The molecule has 3 nitrogen and oxygen atoms in total. The minimum Gasteiger partial charge on any atom is -0.379 e. The number of aromatic nitrogens is 1. The third-order valence-electron chi connectivity index (χ3n) is 4.82. The number of alkyl halides is 2. The second-order valence-electron chi connectivity index (χ2n) is 6.75. The molecule has 3 heterocycles. The Labute approximate surface area is 189 Å². The maximum Gasteiger partial charge on any atom is 0.249 e. The fourth-order valence-corrected chi connectivity index (χ4v) is 6.62. The zero-order valence-corrected chi connectivity index (χ0v) is 19.3. The summed E-state index contributed by atoms with van der Waals surface area (Å²) in [5.74, 6) is -2.78. The largest absolute Gasteiger partial charge is 0.379 e. The minimum atomic E-state index is -2.67. The molecule has 28 heavy (non-hydrogen) atoms. The number of rotatable bonds is 4. The van der Waals surface area contributed by atoms with Crippen molar-refractivity contribution in [1.82, 2.24) is 4.98 Å². The molecule has 0 saturated heterocycles. The van der Waals surface area contributed by atoms with E-state index in [1.165, 1.54) is 4.88 Å². The van der Waals surface area contributed by atoms with Crippen LogP contribution in [-0.2, 0) is 6.54 Å². The van der Waals surface area contributed by atoms with Crippen molar-refractivity contribution in [2.75, 3.05) is 5.32 Å². The predicted molar refractivity (Wildman–Crippen MR) is 121 cm³/mol. The van der Waals surface area contributed by atoms with Gasteiger partial charge in [-0.05, 0) is 33.8 Å². The van der Waals surface area contributed by atoms with Crippen LogP contribution >= 0.6 is 62.6 Å². The maximum absolute atomic E-state index is 13.7. The van der Waals surface area contributed by atoms with E-state index in [0.29, 0.717) is 18.1 Å². The molecule has 1 aliphatic rings. The average molecular weight is 529 g/mol. The fraction of sp³-hybridized carbons (Fsp3) is 0.389. The Balaban J connectivity index is 0.00000225. The number of nitrogens with zero attached hydrogens (tertiary/aromatic N) is 1. The summed E-state index contributed by atoms with van der Waals surface area (Å²) in [6.45, 7) is 0.688. The molecule has 0 amide bonds. The molecule has 1 saturated carbocycles. The Kier molecular flexibility index (Phi) is 6.89. The molecule has 4 rings (SSSR count). The van der Waals surface area contributed by atoms with Crippen LogP contribution in [0.3, 0.4) is 0 Å². The summed E-state index contributed by atoms with van der Waals surface area (Å²) in [5.41, 5.74) is 7.76. The van der Waals surface area contributed by atoms with Crippen molar-refractivity contribution in [2.45, 2.75) is 43.7 Å². The number of pyridine rings is 1. The van der Waals surface area contributed by atoms with E-state index >= 15 is 0 Å². The lowest BCUT2D eigenvalue weighted by Gasteiger charge is -2.33. The summed E-state index contributed by atoms with van der Waals surface area (Å²) in [7, 11) is 0. The summed E-state index contributed by atoms with van der Waals surface area (Å²) >= 11 is 13.1. The molecule has 152 valence electrons. The van der Waals surface area contributed by atoms with Gasteiger partial charge in [-0.2, -0.15) is 0 Å². The van der Waals surface area contributed by atoms with Gasteiger partial charge in [0.05, 0.1) is 20.4 Å². The van der Waals surface area contributed by atoms with Crippen molar-refractivity contribution < 1.29 is 8.78 Å². The first-order chi connectivity index (χ1) is 12.8. The van der Waals surface area contributed by atoms with Gasteiger partial charge in [0, 0.05) is 47.2 Å². The van der Waals surface area contributed by atoms with Crippen LogP contribution in [0, 0.1) is 0 Å². The number of fused-ring (bicyclic) bond motifs is 1. The molecule has 0 aromatic carbocycles. The van der Waals surface area contributed by atoms with Gasteiger partial charge in [0.2, 0.25) is 5.92 Å². The average Bonchev–Trinajstić information content (AvgIpc) is 3.21. The molecular formula is C18H18BrCl2F2N3S2. The maximum atomic E-state index is 13.7. The lowest BCUT2D eigenvalue weighted by molar-refractivity contribution is -0.0444. The third-order valence-corrected chi connectivity index (χ3v) is 8.30. The Morgan fingerprint density at radius 1 is 1.43 bits per heavy atom. The number of anilines is 1. The smallest absolute Gasteiger partial charge is 0.249 e. The minimum absolute atomic E-state index is 0. The number of nitrogens with two attached hydrogens (primary N) is 1. The molecule has 0 aliphatic heterocycles. The number of nitrogens with one attached hydrogen (secondary N) is 1. The van der Waals surface area contributed by atoms with Crippen LogP contribution in [-0.4, -0.2) is 16.9 Å². The molecule has 1 aliphatic carbocycles. The predicted octanol–water partition coefficient (Wildman–Crippen LogP) is 7.04. The molecule has 10 heteroatoms.